The van der Waals surface area contributed by atoms with Gasteiger partial charge >= 0.3 is 0 Å². The number of allylic oxidation sites excluding steroid dienone is 3. The Morgan fingerprint density at radius 3 is 2.33 bits per heavy atom. The SMILES string of the molecule is C=C/C(=C\C=C/C)[C@@H](O)C(C)CN.CC. The Bertz CT molecular complexity index is 207. The molecule has 0 amide bonds. The van der Waals surface area contributed by atoms with Crippen LogP contribution >= 0.6 is 0 Å². The van der Waals surface area contributed by atoms with E-state index in [0.717, 1.165) is 5.57 Å². The Labute approximate surface area is 94.2 Å². The minimum Gasteiger partial charge on any atom is -0.388 e. The van der Waals surface area contributed by atoms with Crippen LogP contribution in [0.3, 0.4) is 0 Å². The molecule has 0 aromatic heterocycles. The molecular weight excluding hydrogens is 186 g/mol. The molecule has 0 aromatic rings. The fourth-order valence-corrected chi connectivity index (χ4v) is 0.952. The van der Waals surface area contributed by atoms with Crippen molar-refractivity contribution in [3.63, 3.8) is 0 Å². The van der Waals surface area contributed by atoms with Gasteiger partial charge in [-0.3, -0.25) is 0 Å². The second-order valence-corrected chi connectivity index (χ2v) is 3.05. The first kappa shape index (κ1) is 16.6. The average molecular weight is 211 g/mol. The molecule has 2 atom stereocenters. The zero-order valence-corrected chi connectivity index (χ0v) is 10.4. The third kappa shape index (κ3) is 7.11. The minimum absolute atomic E-state index is 0.0644. The molecule has 0 saturated carbocycles. The minimum atomic E-state index is -0.515. The summed E-state index contributed by atoms with van der Waals surface area (Å²) >= 11 is 0. The maximum absolute atomic E-state index is 9.75. The van der Waals surface area contributed by atoms with E-state index in [9.17, 15) is 5.11 Å². The van der Waals surface area contributed by atoms with E-state index < -0.39 is 6.10 Å². The summed E-state index contributed by atoms with van der Waals surface area (Å²) in [5.74, 6) is 0.0644. The topological polar surface area (TPSA) is 46.2 Å². The van der Waals surface area contributed by atoms with Crippen LogP contribution in [0.25, 0.3) is 0 Å². The van der Waals surface area contributed by atoms with E-state index in [1.165, 1.54) is 0 Å². The predicted octanol–water partition coefficient (Wildman–Crippen LogP) is 2.66. The summed E-state index contributed by atoms with van der Waals surface area (Å²) in [6, 6.07) is 0. The van der Waals surface area contributed by atoms with Crippen molar-refractivity contribution in [1.29, 1.82) is 0 Å². The maximum Gasteiger partial charge on any atom is 0.0827 e. The number of rotatable bonds is 5. The third-order valence-corrected chi connectivity index (χ3v) is 1.97. The molecule has 0 heterocycles. The monoisotopic (exact) mass is 211 g/mol. The molecule has 0 aliphatic heterocycles. The molecule has 0 saturated heterocycles. The molecule has 88 valence electrons. The van der Waals surface area contributed by atoms with Gasteiger partial charge in [-0.05, 0) is 25.0 Å². The smallest absolute Gasteiger partial charge is 0.0827 e. The van der Waals surface area contributed by atoms with Crippen molar-refractivity contribution in [2.45, 2.75) is 33.8 Å². The van der Waals surface area contributed by atoms with Gasteiger partial charge in [-0.25, -0.2) is 0 Å². The Hall–Kier alpha value is -0.860. The first-order valence-electron chi connectivity index (χ1n) is 5.50. The van der Waals surface area contributed by atoms with Gasteiger partial charge in [-0.2, -0.15) is 0 Å². The Morgan fingerprint density at radius 1 is 1.47 bits per heavy atom. The highest BCUT2D eigenvalue weighted by Crippen LogP contribution is 2.12. The van der Waals surface area contributed by atoms with Gasteiger partial charge in [0.15, 0.2) is 0 Å². The van der Waals surface area contributed by atoms with Crippen molar-refractivity contribution in [2.75, 3.05) is 6.54 Å². The summed E-state index contributed by atoms with van der Waals surface area (Å²) in [5.41, 5.74) is 6.27. The van der Waals surface area contributed by atoms with Crippen molar-refractivity contribution in [3.8, 4) is 0 Å². The highest BCUT2D eigenvalue weighted by atomic mass is 16.3. The van der Waals surface area contributed by atoms with Gasteiger partial charge in [0.05, 0.1) is 6.10 Å². The lowest BCUT2D eigenvalue weighted by molar-refractivity contribution is 0.158. The first-order chi connectivity index (χ1) is 7.17. The van der Waals surface area contributed by atoms with Gasteiger partial charge in [0.1, 0.15) is 0 Å². The highest BCUT2D eigenvalue weighted by molar-refractivity contribution is 5.26. The maximum atomic E-state index is 9.75. The van der Waals surface area contributed by atoms with Gasteiger partial charge in [-0.15, -0.1) is 0 Å². The summed E-state index contributed by atoms with van der Waals surface area (Å²) in [7, 11) is 0. The molecule has 0 fully saturated rings. The molecule has 2 nitrogen and oxygen atoms in total. The standard InChI is InChI=1S/C11H19NO.C2H6/c1-4-6-7-10(5-2)11(13)9(3)8-12;1-2/h4-7,9,11,13H,2,8,12H2,1,3H3;1-2H3/b6-4-,10-7+;/t9?,11-;/m0./s1. The van der Waals surface area contributed by atoms with Crippen molar-refractivity contribution in [3.05, 3.63) is 36.5 Å². The molecule has 0 aromatic carbocycles. The zero-order valence-electron chi connectivity index (χ0n) is 10.4. The molecule has 15 heavy (non-hydrogen) atoms. The van der Waals surface area contributed by atoms with Crippen molar-refractivity contribution in [2.24, 2.45) is 11.7 Å². The van der Waals surface area contributed by atoms with E-state index in [-0.39, 0.29) is 5.92 Å². The van der Waals surface area contributed by atoms with Crippen molar-refractivity contribution >= 4 is 0 Å². The van der Waals surface area contributed by atoms with Crippen LogP contribution in [0.5, 0.6) is 0 Å². The number of hydrogen-bond donors (Lipinski definition) is 2. The summed E-state index contributed by atoms with van der Waals surface area (Å²) in [6.45, 7) is 12.0. The number of nitrogens with two attached hydrogens (primary N) is 1. The number of aliphatic hydroxyl groups excluding tert-OH is 1. The molecule has 2 heteroatoms. The van der Waals surface area contributed by atoms with Gasteiger partial charge in [0, 0.05) is 0 Å². The molecule has 0 spiro atoms. The molecule has 0 radical (unpaired) electrons. The van der Waals surface area contributed by atoms with E-state index in [1.54, 1.807) is 6.08 Å². The number of hydrogen-bond acceptors (Lipinski definition) is 2. The summed E-state index contributed by atoms with van der Waals surface area (Å²) in [6.07, 6.45) is 6.78. The molecule has 0 bridgehead atoms. The van der Waals surface area contributed by atoms with E-state index in [0.29, 0.717) is 6.54 Å². The Morgan fingerprint density at radius 2 is 2.00 bits per heavy atom. The van der Waals surface area contributed by atoms with Gasteiger partial charge in [0.2, 0.25) is 0 Å². The van der Waals surface area contributed by atoms with Crippen LogP contribution in [0.1, 0.15) is 27.7 Å². The van der Waals surface area contributed by atoms with E-state index in [2.05, 4.69) is 6.58 Å². The van der Waals surface area contributed by atoms with E-state index >= 15 is 0 Å². The second-order valence-electron chi connectivity index (χ2n) is 3.05. The first-order valence-corrected chi connectivity index (χ1v) is 5.50. The van der Waals surface area contributed by atoms with Crippen LogP contribution < -0.4 is 5.73 Å². The molecule has 0 rings (SSSR count). The second kappa shape index (κ2) is 11.2. The normalized spacial score (nSPS) is 15.5. The zero-order chi connectivity index (χ0) is 12.3. The van der Waals surface area contributed by atoms with Crippen molar-refractivity contribution < 1.29 is 5.11 Å². The lowest BCUT2D eigenvalue weighted by Crippen LogP contribution is -2.26. The lowest BCUT2D eigenvalue weighted by atomic mass is 9.97. The van der Waals surface area contributed by atoms with E-state index in [4.69, 9.17) is 5.73 Å². The van der Waals surface area contributed by atoms with Crippen molar-refractivity contribution in [1.82, 2.24) is 0 Å². The number of aliphatic hydroxyl groups is 1. The average Bonchev–Trinajstić information content (AvgIpc) is 2.31. The molecule has 0 aliphatic rings. The Balaban J connectivity index is 0. The van der Waals surface area contributed by atoms with Crippen LogP contribution in [0.15, 0.2) is 36.5 Å². The summed E-state index contributed by atoms with van der Waals surface area (Å²) in [5, 5.41) is 9.75. The quantitative estimate of drug-likeness (QED) is 0.687. The molecule has 0 aliphatic carbocycles. The third-order valence-electron chi connectivity index (χ3n) is 1.97. The fraction of sp³-hybridized carbons (Fsp3) is 0.538. The molecular formula is C13H25NO. The fourth-order valence-electron chi connectivity index (χ4n) is 0.952. The van der Waals surface area contributed by atoms with E-state index in [1.807, 2.05) is 45.9 Å². The largest absolute Gasteiger partial charge is 0.388 e. The van der Waals surface area contributed by atoms with Crippen LogP contribution in [0.4, 0.5) is 0 Å². The van der Waals surface area contributed by atoms with Gasteiger partial charge < -0.3 is 10.8 Å². The van der Waals surface area contributed by atoms with Crippen LogP contribution in [-0.2, 0) is 0 Å². The van der Waals surface area contributed by atoms with Crippen LogP contribution in [0, 0.1) is 5.92 Å². The molecule has 1 unspecified atom stereocenters. The summed E-state index contributed by atoms with van der Waals surface area (Å²) in [4.78, 5) is 0. The van der Waals surface area contributed by atoms with Crippen LogP contribution in [0.2, 0.25) is 0 Å². The Kier molecular flexibility index (Phi) is 12.4. The summed E-state index contributed by atoms with van der Waals surface area (Å²) < 4.78 is 0. The predicted molar refractivity (Wildman–Crippen MR) is 68.7 cm³/mol. The van der Waals surface area contributed by atoms with Gasteiger partial charge in [-0.1, -0.05) is 51.7 Å². The highest BCUT2D eigenvalue weighted by Gasteiger charge is 2.14. The van der Waals surface area contributed by atoms with Crippen LogP contribution in [-0.4, -0.2) is 17.8 Å². The molecule has 3 N–H and O–H groups in total. The lowest BCUT2D eigenvalue weighted by Gasteiger charge is -2.17. The van der Waals surface area contributed by atoms with Gasteiger partial charge in [0.25, 0.3) is 0 Å².